The fourth-order valence-electron chi connectivity index (χ4n) is 3.21. The van der Waals surface area contributed by atoms with Gasteiger partial charge in [0.15, 0.2) is 0 Å². The third kappa shape index (κ3) is 2.75. The first-order valence-corrected chi connectivity index (χ1v) is 9.34. The van der Waals surface area contributed by atoms with Crippen molar-refractivity contribution in [1.82, 2.24) is 0 Å². The minimum absolute atomic E-state index is 0.0156. The average molecular weight is 332 g/mol. The Labute approximate surface area is 135 Å². The fraction of sp³-hybridized carbons (Fsp3) is 0.333. The van der Waals surface area contributed by atoms with Gasteiger partial charge in [-0.25, -0.2) is 0 Å². The molecule has 3 rings (SSSR count). The molecule has 0 unspecified atom stereocenters. The summed E-state index contributed by atoms with van der Waals surface area (Å²) in [6, 6.07) is 9.12. The molecule has 2 aromatic carbocycles. The van der Waals surface area contributed by atoms with Crippen LogP contribution in [0.1, 0.15) is 37.8 Å². The smallest absolute Gasteiger partial charge is 0.294 e. The number of para-hydroxylation sites is 1. The van der Waals surface area contributed by atoms with Gasteiger partial charge < -0.3 is 4.42 Å². The molecule has 0 aliphatic rings. The maximum Gasteiger partial charge on any atom is 0.294 e. The number of benzene rings is 2. The molecule has 23 heavy (non-hydrogen) atoms. The van der Waals surface area contributed by atoms with Gasteiger partial charge in [-0.05, 0) is 36.1 Å². The number of rotatable bonds is 5. The second-order valence-corrected chi connectivity index (χ2v) is 7.17. The zero-order valence-corrected chi connectivity index (χ0v) is 14.1. The molecule has 0 aliphatic heterocycles. The summed E-state index contributed by atoms with van der Waals surface area (Å²) in [5.74, 6) is 0. The summed E-state index contributed by atoms with van der Waals surface area (Å²) >= 11 is 0. The van der Waals surface area contributed by atoms with E-state index in [0.717, 1.165) is 46.8 Å². The predicted molar refractivity (Wildman–Crippen MR) is 91.5 cm³/mol. The van der Waals surface area contributed by atoms with Gasteiger partial charge in [0.1, 0.15) is 11.2 Å². The molecule has 0 radical (unpaired) electrons. The Kier molecular flexibility index (Phi) is 4.17. The summed E-state index contributed by atoms with van der Waals surface area (Å²) < 4.78 is 39.5. The molecule has 4 nitrogen and oxygen atoms in total. The van der Waals surface area contributed by atoms with Crippen molar-refractivity contribution in [2.24, 2.45) is 0 Å². The molecule has 0 saturated heterocycles. The molecule has 5 heteroatoms. The van der Waals surface area contributed by atoms with E-state index in [-0.39, 0.29) is 4.90 Å². The first-order valence-electron chi connectivity index (χ1n) is 7.90. The van der Waals surface area contributed by atoms with Gasteiger partial charge in [0.2, 0.25) is 0 Å². The lowest BCUT2D eigenvalue weighted by Gasteiger charge is -2.13. The standard InChI is InChI=1S/C18H20O4S/c1-3-7-13-14(8-4-2)18-15(11-17(13)23(19,20)21)12-9-5-6-10-16(12)22-18/h5-6,9-11H,3-4,7-8H2,1-2H3,(H,19,20,21). The maximum atomic E-state index is 11.9. The second-order valence-electron chi connectivity index (χ2n) is 5.78. The van der Waals surface area contributed by atoms with Crippen molar-refractivity contribution >= 4 is 32.1 Å². The zero-order chi connectivity index (χ0) is 16.6. The van der Waals surface area contributed by atoms with Crippen LogP contribution in [0.15, 0.2) is 39.6 Å². The fourth-order valence-corrected chi connectivity index (χ4v) is 4.01. The molecule has 0 aliphatic carbocycles. The minimum atomic E-state index is -4.28. The van der Waals surface area contributed by atoms with Crippen LogP contribution in [0.3, 0.4) is 0 Å². The Morgan fingerprint density at radius 2 is 1.65 bits per heavy atom. The van der Waals surface area contributed by atoms with Crippen LogP contribution >= 0.6 is 0 Å². The van der Waals surface area contributed by atoms with Gasteiger partial charge in [-0.1, -0.05) is 44.9 Å². The van der Waals surface area contributed by atoms with Crippen molar-refractivity contribution in [1.29, 1.82) is 0 Å². The van der Waals surface area contributed by atoms with Crippen LogP contribution in [0.25, 0.3) is 21.9 Å². The molecule has 3 aromatic rings. The Balaban J connectivity index is 2.50. The van der Waals surface area contributed by atoms with Crippen molar-refractivity contribution in [3.8, 4) is 0 Å². The highest BCUT2D eigenvalue weighted by atomic mass is 32.2. The molecule has 0 atom stereocenters. The minimum Gasteiger partial charge on any atom is -0.456 e. The molecule has 1 aromatic heterocycles. The van der Waals surface area contributed by atoms with E-state index in [0.29, 0.717) is 12.0 Å². The van der Waals surface area contributed by atoms with Crippen molar-refractivity contribution in [3.05, 3.63) is 41.5 Å². The van der Waals surface area contributed by atoms with E-state index >= 15 is 0 Å². The summed E-state index contributed by atoms with van der Waals surface area (Å²) in [6.45, 7) is 4.04. The summed E-state index contributed by atoms with van der Waals surface area (Å²) in [4.78, 5) is 0.0156. The van der Waals surface area contributed by atoms with Crippen LogP contribution in [-0.2, 0) is 23.0 Å². The summed E-state index contributed by atoms with van der Waals surface area (Å²) in [5.41, 5.74) is 3.05. The lowest BCUT2D eigenvalue weighted by Crippen LogP contribution is -2.07. The molecule has 0 bridgehead atoms. The van der Waals surface area contributed by atoms with E-state index in [2.05, 4.69) is 0 Å². The molecule has 0 saturated carbocycles. The van der Waals surface area contributed by atoms with Crippen molar-refractivity contribution in [2.45, 2.75) is 44.4 Å². The molecule has 1 heterocycles. The number of hydrogen-bond donors (Lipinski definition) is 1. The summed E-state index contributed by atoms with van der Waals surface area (Å²) in [6.07, 6.45) is 2.98. The molecular formula is C18H20O4S. The zero-order valence-electron chi connectivity index (χ0n) is 13.3. The van der Waals surface area contributed by atoms with Gasteiger partial charge >= 0.3 is 0 Å². The molecule has 122 valence electrons. The highest BCUT2D eigenvalue weighted by molar-refractivity contribution is 7.85. The van der Waals surface area contributed by atoms with E-state index in [1.54, 1.807) is 6.07 Å². The van der Waals surface area contributed by atoms with Gasteiger partial charge in [0, 0.05) is 10.8 Å². The van der Waals surface area contributed by atoms with Crippen molar-refractivity contribution in [2.75, 3.05) is 0 Å². The first kappa shape index (κ1) is 16.0. The summed E-state index contributed by atoms with van der Waals surface area (Å²) in [7, 11) is -4.28. The Hall–Kier alpha value is -1.85. The lowest BCUT2D eigenvalue weighted by atomic mass is 9.96. The van der Waals surface area contributed by atoms with Gasteiger partial charge in [-0.2, -0.15) is 8.42 Å². The number of aryl methyl sites for hydroxylation is 1. The number of fused-ring (bicyclic) bond motifs is 3. The third-order valence-electron chi connectivity index (χ3n) is 4.12. The van der Waals surface area contributed by atoms with Gasteiger partial charge in [-0.15, -0.1) is 0 Å². The largest absolute Gasteiger partial charge is 0.456 e. The van der Waals surface area contributed by atoms with E-state index in [1.807, 2.05) is 38.1 Å². The van der Waals surface area contributed by atoms with Crippen LogP contribution < -0.4 is 0 Å². The molecular weight excluding hydrogens is 312 g/mol. The van der Waals surface area contributed by atoms with Gasteiger partial charge in [0.25, 0.3) is 10.1 Å². The van der Waals surface area contributed by atoms with Crippen LogP contribution in [0.5, 0.6) is 0 Å². The first-order chi connectivity index (χ1) is 11.0. The third-order valence-corrected chi connectivity index (χ3v) is 5.04. The number of hydrogen-bond acceptors (Lipinski definition) is 3. The molecule has 0 amide bonds. The van der Waals surface area contributed by atoms with Crippen LogP contribution in [0.2, 0.25) is 0 Å². The van der Waals surface area contributed by atoms with Gasteiger partial charge in [-0.3, -0.25) is 4.55 Å². The molecule has 0 spiro atoms. The monoisotopic (exact) mass is 332 g/mol. The normalized spacial score (nSPS) is 12.3. The highest BCUT2D eigenvalue weighted by Gasteiger charge is 2.23. The summed E-state index contributed by atoms with van der Waals surface area (Å²) in [5, 5.41) is 1.62. The quantitative estimate of drug-likeness (QED) is 0.685. The van der Waals surface area contributed by atoms with Crippen LogP contribution in [-0.4, -0.2) is 13.0 Å². The topological polar surface area (TPSA) is 67.5 Å². The Morgan fingerprint density at radius 3 is 2.30 bits per heavy atom. The molecule has 0 fully saturated rings. The highest BCUT2D eigenvalue weighted by Crippen LogP contribution is 2.37. The SMILES string of the molecule is CCCc1c(S(=O)(=O)O)cc2c(oc3ccccc32)c1CCC. The van der Waals surface area contributed by atoms with Crippen molar-refractivity contribution in [3.63, 3.8) is 0 Å². The Bertz CT molecular complexity index is 968. The van der Waals surface area contributed by atoms with Crippen molar-refractivity contribution < 1.29 is 17.4 Å². The number of furan rings is 1. The lowest BCUT2D eigenvalue weighted by molar-refractivity contribution is 0.482. The van der Waals surface area contributed by atoms with Gasteiger partial charge in [0.05, 0.1) is 4.90 Å². The second kappa shape index (κ2) is 5.98. The maximum absolute atomic E-state index is 11.9. The van der Waals surface area contributed by atoms with E-state index in [9.17, 15) is 13.0 Å². The van der Waals surface area contributed by atoms with E-state index in [1.165, 1.54) is 0 Å². The Morgan fingerprint density at radius 1 is 1.00 bits per heavy atom. The van der Waals surface area contributed by atoms with E-state index in [4.69, 9.17) is 4.42 Å². The van der Waals surface area contributed by atoms with E-state index < -0.39 is 10.1 Å². The predicted octanol–water partition coefficient (Wildman–Crippen LogP) is 4.74. The molecule has 1 N–H and O–H groups in total. The average Bonchev–Trinajstić information content (AvgIpc) is 2.87. The van der Waals surface area contributed by atoms with Crippen LogP contribution in [0, 0.1) is 0 Å². The van der Waals surface area contributed by atoms with Crippen LogP contribution in [0.4, 0.5) is 0 Å².